The summed E-state index contributed by atoms with van der Waals surface area (Å²) in [6.45, 7) is 9.95. The van der Waals surface area contributed by atoms with Gasteiger partial charge in [-0.3, -0.25) is 4.79 Å². The van der Waals surface area contributed by atoms with Crippen LogP contribution in [0.2, 0.25) is 0 Å². The maximum absolute atomic E-state index is 12.3. The fourth-order valence-electron chi connectivity index (χ4n) is 2.48. The van der Waals surface area contributed by atoms with Crippen LogP contribution in [-0.2, 0) is 4.79 Å². The molecule has 1 heterocycles. The minimum Gasteiger partial charge on any atom is -0.492 e. The highest BCUT2D eigenvalue weighted by atomic mass is 16.5. The Morgan fingerprint density at radius 2 is 2.00 bits per heavy atom. The number of carbonyl (C=O) groups excluding carboxylic acids is 1. The van der Waals surface area contributed by atoms with E-state index in [4.69, 9.17) is 4.74 Å². The number of ether oxygens (including phenoxy) is 1. The van der Waals surface area contributed by atoms with Crippen LogP contribution in [0.15, 0.2) is 24.3 Å². The molecule has 0 saturated carbocycles. The zero-order valence-electron chi connectivity index (χ0n) is 12.3. The van der Waals surface area contributed by atoms with Crippen LogP contribution in [-0.4, -0.2) is 19.1 Å². The molecule has 1 aromatic rings. The molecule has 1 amide bonds. The molecule has 2 rings (SSSR count). The molecule has 1 saturated heterocycles. The molecule has 104 valence electrons. The predicted octanol–water partition coefficient (Wildman–Crippen LogP) is 3.48. The smallest absolute Gasteiger partial charge is 0.227 e. The molecular formula is C16H23NO2. The Kier molecular flexibility index (Phi) is 3.83. The normalized spacial score (nSPS) is 19.9. The largest absolute Gasteiger partial charge is 0.492 e. The van der Waals surface area contributed by atoms with Gasteiger partial charge < -0.3 is 9.64 Å². The first-order chi connectivity index (χ1) is 8.93. The first-order valence-electron chi connectivity index (χ1n) is 6.95. The van der Waals surface area contributed by atoms with E-state index in [1.165, 1.54) is 0 Å². The van der Waals surface area contributed by atoms with Crippen LogP contribution < -0.4 is 9.64 Å². The Morgan fingerprint density at radius 1 is 1.32 bits per heavy atom. The molecule has 0 aromatic heterocycles. The third-order valence-electron chi connectivity index (χ3n) is 3.81. The monoisotopic (exact) mass is 261 g/mol. The molecule has 1 aliphatic heterocycles. The van der Waals surface area contributed by atoms with Crippen molar-refractivity contribution in [3.8, 4) is 5.75 Å². The van der Waals surface area contributed by atoms with Crippen molar-refractivity contribution in [2.24, 2.45) is 11.3 Å². The Hall–Kier alpha value is -1.51. The van der Waals surface area contributed by atoms with E-state index in [2.05, 4.69) is 20.8 Å². The van der Waals surface area contributed by atoms with E-state index in [-0.39, 0.29) is 11.3 Å². The number of para-hydroxylation sites is 2. The molecule has 0 radical (unpaired) electrons. The lowest BCUT2D eigenvalue weighted by atomic mass is 9.80. The van der Waals surface area contributed by atoms with Crippen molar-refractivity contribution in [1.29, 1.82) is 0 Å². The molecule has 1 aliphatic rings. The van der Waals surface area contributed by atoms with Gasteiger partial charge >= 0.3 is 0 Å². The quantitative estimate of drug-likeness (QED) is 0.833. The Labute approximate surface area is 115 Å². The van der Waals surface area contributed by atoms with Crippen LogP contribution >= 0.6 is 0 Å². The minimum absolute atomic E-state index is 0.158. The summed E-state index contributed by atoms with van der Waals surface area (Å²) in [5.74, 6) is 1.40. The minimum atomic E-state index is 0.158. The second-order valence-corrected chi connectivity index (χ2v) is 6.17. The van der Waals surface area contributed by atoms with Gasteiger partial charge in [-0.05, 0) is 30.4 Å². The molecule has 3 heteroatoms. The fourth-order valence-corrected chi connectivity index (χ4v) is 2.48. The Bertz CT molecular complexity index is 462. The second-order valence-electron chi connectivity index (χ2n) is 6.17. The van der Waals surface area contributed by atoms with Gasteiger partial charge in [-0.2, -0.15) is 0 Å². The summed E-state index contributed by atoms with van der Waals surface area (Å²) in [7, 11) is 0. The van der Waals surface area contributed by atoms with Crippen molar-refractivity contribution in [3.63, 3.8) is 0 Å². The van der Waals surface area contributed by atoms with Crippen molar-refractivity contribution in [1.82, 2.24) is 0 Å². The van der Waals surface area contributed by atoms with Crippen molar-refractivity contribution >= 4 is 11.6 Å². The van der Waals surface area contributed by atoms with Gasteiger partial charge in [-0.1, -0.05) is 32.9 Å². The number of rotatable bonds is 3. The number of carbonyl (C=O) groups is 1. The van der Waals surface area contributed by atoms with Gasteiger partial charge in [0.1, 0.15) is 5.75 Å². The highest BCUT2D eigenvalue weighted by Gasteiger charge is 2.38. The standard InChI is InChI=1S/C16H23NO2/c1-5-19-14-9-7-6-8-13(14)17-11-12(10-15(17)18)16(2,3)4/h6-9,12H,5,10-11H2,1-4H3. The van der Waals surface area contributed by atoms with Crippen LogP contribution in [0, 0.1) is 11.3 Å². The number of amides is 1. The zero-order valence-corrected chi connectivity index (χ0v) is 12.3. The van der Waals surface area contributed by atoms with Gasteiger partial charge in [0.25, 0.3) is 0 Å². The highest BCUT2D eigenvalue weighted by Crippen LogP contribution is 2.39. The third-order valence-corrected chi connectivity index (χ3v) is 3.81. The predicted molar refractivity (Wildman–Crippen MR) is 77.5 cm³/mol. The second kappa shape index (κ2) is 5.24. The fraction of sp³-hybridized carbons (Fsp3) is 0.562. The number of benzene rings is 1. The van der Waals surface area contributed by atoms with Crippen molar-refractivity contribution in [3.05, 3.63) is 24.3 Å². The summed E-state index contributed by atoms with van der Waals surface area (Å²) < 4.78 is 5.62. The van der Waals surface area contributed by atoms with Crippen LogP contribution in [0.4, 0.5) is 5.69 Å². The van der Waals surface area contributed by atoms with Crippen LogP contribution in [0.25, 0.3) is 0 Å². The van der Waals surface area contributed by atoms with E-state index in [1.807, 2.05) is 36.1 Å². The lowest BCUT2D eigenvalue weighted by Crippen LogP contribution is -2.27. The van der Waals surface area contributed by atoms with Crippen molar-refractivity contribution < 1.29 is 9.53 Å². The summed E-state index contributed by atoms with van der Waals surface area (Å²) in [6.07, 6.45) is 0.629. The molecule has 1 aromatic carbocycles. The maximum Gasteiger partial charge on any atom is 0.227 e. The molecular weight excluding hydrogens is 238 g/mol. The molecule has 0 spiro atoms. The van der Waals surface area contributed by atoms with E-state index in [1.54, 1.807) is 0 Å². The molecule has 1 fully saturated rings. The van der Waals surface area contributed by atoms with Gasteiger partial charge in [-0.15, -0.1) is 0 Å². The van der Waals surface area contributed by atoms with Crippen molar-refractivity contribution in [2.75, 3.05) is 18.1 Å². The van der Waals surface area contributed by atoms with Gasteiger partial charge in [-0.25, -0.2) is 0 Å². The molecule has 0 N–H and O–H groups in total. The van der Waals surface area contributed by atoms with Crippen LogP contribution in [0.1, 0.15) is 34.1 Å². The molecule has 3 nitrogen and oxygen atoms in total. The molecule has 1 unspecified atom stereocenters. The number of hydrogen-bond donors (Lipinski definition) is 0. The first-order valence-corrected chi connectivity index (χ1v) is 6.95. The van der Waals surface area contributed by atoms with E-state index < -0.39 is 0 Å². The lowest BCUT2D eigenvalue weighted by Gasteiger charge is -2.27. The molecule has 1 atom stereocenters. The van der Waals surface area contributed by atoms with E-state index in [9.17, 15) is 4.79 Å². The average molecular weight is 261 g/mol. The first kappa shape index (κ1) is 13.9. The summed E-state index contributed by atoms with van der Waals surface area (Å²) >= 11 is 0. The van der Waals surface area contributed by atoms with E-state index in [0.717, 1.165) is 18.0 Å². The van der Waals surface area contributed by atoms with Gasteiger partial charge in [0.2, 0.25) is 5.91 Å². The van der Waals surface area contributed by atoms with Gasteiger partial charge in [0.15, 0.2) is 0 Å². The van der Waals surface area contributed by atoms with E-state index in [0.29, 0.717) is 18.9 Å². The summed E-state index contributed by atoms with van der Waals surface area (Å²) in [4.78, 5) is 14.1. The van der Waals surface area contributed by atoms with Crippen LogP contribution in [0.3, 0.4) is 0 Å². The number of nitrogens with zero attached hydrogens (tertiary/aromatic N) is 1. The topological polar surface area (TPSA) is 29.5 Å². The van der Waals surface area contributed by atoms with Crippen molar-refractivity contribution in [2.45, 2.75) is 34.1 Å². The Balaban J connectivity index is 2.26. The zero-order chi connectivity index (χ0) is 14.0. The molecule has 19 heavy (non-hydrogen) atoms. The van der Waals surface area contributed by atoms with E-state index >= 15 is 0 Å². The maximum atomic E-state index is 12.3. The van der Waals surface area contributed by atoms with Gasteiger partial charge in [0, 0.05) is 13.0 Å². The number of hydrogen-bond acceptors (Lipinski definition) is 2. The SMILES string of the molecule is CCOc1ccccc1N1CC(C(C)(C)C)CC1=O. The molecule has 0 bridgehead atoms. The van der Waals surface area contributed by atoms with Gasteiger partial charge in [0.05, 0.1) is 12.3 Å². The lowest BCUT2D eigenvalue weighted by molar-refractivity contribution is -0.117. The highest BCUT2D eigenvalue weighted by molar-refractivity contribution is 5.97. The van der Waals surface area contributed by atoms with Crippen LogP contribution in [0.5, 0.6) is 5.75 Å². The summed E-state index contributed by atoms with van der Waals surface area (Å²) in [5.41, 5.74) is 1.06. The third kappa shape index (κ3) is 2.91. The average Bonchev–Trinajstić information content (AvgIpc) is 2.72. The molecule has 0 aliphatic carbocycles. The summed E-state index contributed by atoms with van der Waals surface area (Å²) in [6, 6.07) is 7.79. The summed E-state index contributed by atoms with van der Waals surface area (Å²) in [5, 5.41) is 0. The number of anilines is 1. The Morgan fingerprint density at radius 3 is 2.58 bits per heavy atom.